The average molecular weight is 258 g/mol. The van der Waals surface area contributed by atoms with Crippen LogP contribution in [0.15, 0.2) is 0 Å². The fourth-order valence-corrected chi connectivity index (χ4v) is 2.29. The van der Waals surface area contributed by atoms with E-state index in [-0.39, 0.29) is 0 Å². The van der Waals surface area contributed by atoms with E-state index in [1.807, 2.05) is 0 Å². The van der Waals surface area contributed by atoms with E-state index in [0.29, 0.717) is 22.3 Å². The second kappa shape index (κ2) is 5.63. The predicted molar refractivity (Wildman–Crippen MR) is 73.0 cm³/mol. The monoisotopic (exact) mass is 258 g/mol. The number of hydrazine groups is 1. The van der Waals surface area contributed by atoms with E-state index in [2.05, 4.69) is 21.5 Å². The number of nitrogens with one attached hydrogen (secondary N) is 4. The zero-order valence-electron chi connectivity index (χ0n) is 9.21. The Morgan fingerprint density at radius 2 is 1.19 bits per heavy atom. The summed E-state index contributed by atoms with van der Waals surface area (Å²) in [7, 11) is 0. The standard InChI is InChI=1S/C10H18N4S2/c15-9(11-7-3-1-2-4-7)13-14-10(16)12-8-5-6-8/h7-8H,1-6H2,(H2,11,13,15)(H2,12,14,16). The zero-order chi connectivity index (χ0) is 11.4. The maximum absolute atomic E-state index is 5.17. The van der Waals surface area contributed by atoms with Crippen LogP contribution in [0.1, 0.15) is 38.5 Å². The molecule has 2 saturated carbocycles. The van der Waals surface area contributed by atoms with Crippen LogP contribution in [0.5, 0.6) is 0 Å². The van der Waals surface area contributed by atoms with Gasteiger partial charge < -0.3 is 10.6 Å². The quantitative estimate of drug-likeness (QED) is 0.437. The third-order valence-corrected chi connectivity index (χ3v) is 3.33. The first-order valence-electron chi connectivity index (χ1n) is 5.87. The number of hydrogen-bond donors (Lipinski definition) is 4. The van der Waals surface area contributed by atoms with Crippen LogP contribution in [-0.2, 0) is 0 Å². The van der Waals surface area contributed by atoms with Crippen molar-refractivity contribution in [3.05, 3.63) is 0 Å². The molecular weight excluding hydrogens is 240 g/mol. The second-order valence-electron chi connectivity index (χ2n) is 4.45. The van der Waals surface area contributed by atoms with E-state index >= 15 is 0 Å². The van der Waals surface area contributed by atoms with Crippen LogP contribution in [0.2, 0.25) is 0 Å². The SMILES string of the molecule is S=C(NNC(=S)NC1CC1)NC1CCCC1. The molecule has 0 aromatic heterocycles. The Balaban J connectivity index is 1.57. The molecule has 0 saturated heterocycles. The van der Waals surface area contributed by atoms with E-state index < -0.39 is 0 Å². The lowest BCUT2D eigenvalue weighted by Crippen LogP contribution is -2.52. The van der Waals surface area contributed by atoms with Crippen molar-refractivity contribution < 1.29 is 0 Å². The molecule has 0 heterocycles. The van der Waals surface area contributed by atoms with E-state index in [1.165, 1.54) is 38.5 Å². The summed E-state index contributed by atoms with van der Waals surface area (Å²) >= 11 is 10.3. The van der Waals surface area contributed by atoms with Gasteiger partial charge in [-0.15, -0.1) is 0 Å². The van der Waals surface area contributed by atoms with Gasteiger partial charge in [-0.1, -0.05) is 12.8 Å². The van der Waals surface area contributed by atoms with E-state index in [1.54, 1.807) is 0 Å². The lowest BCUT2D eigenvalue weighted by molar-refractivity contribution is 0.617. The van der Waals surface area contributed by atoms with Gasteiger partial charge in [-0.05, 0) is 50.1 Å². The summed E-state index contributed by atoms with van der Waals surface area (Å²) in [4.78, 5) is 0. The highest BCUT2D eigenvalue weighted by Gasteiger charge is 2.21. The lowest BCUT2D eigenvalue weighted by Gasteiger charge is -2.17. The van der Waals surface area contributed by atoms with Gasteiger partial charge in [0.1, 0.15) is 0 Å². The number of hydrogen-bond acceptors (Lipinski definition) is 2. The molecule has 0 amide bonds. The molecule has 2 aliphatic rings. The Bertz CT molecular complexity index is 272. The van der Waals surface area contributed by atoms with Gasteiger partial charge in [0, 0.05) is 12.1 Å². The van der Waals surface area contributed by atoms with Gasteiger partial charge in [-0.25, -0.2) is 0 Å². The highest BCUT2D eigenvalue weighted by atomic mass is 32.1. The number of rotatable bonds is 2. The molecule has 0 aliphatic heterocycles. The van der Waals surface area contributed by atoms with E-state index in [9.17, 15) is 0 Å². The van der Waals surface area contributed by atoms with Crippen LogP contribution in [0.25, 0.3) is 0 Å². The maximum Gasteiger partial charge on any atom is 0.185 e. The molecule has 0 aromatic carbocycles. The fraction of sp³-hybridized carbons (Fsp3) is 0.800. The first kappa shape index (κ1) is 11.9. The third-order valence-electron chi connectivity index (χ3n) is 2.89. The Morgan fingerprint density at radius 1 is 0.750 bits per heavy atom. The molecule has 0 radical (unpaired) electrons. The van der Waals surface area contributed by atoms with Gasteiger partial charge in [0.2, 0.25) is 0 Å². The van der Waals surface area contributed by atoms with Crippen LogP contribution in [-0.4, -0.2) is 22.3 Å². The minimum atomic E-state index is 0.534. The summed E-state index contributed by atoms with van der Waals surface area (Å²) in [5.74, 6) is 0. The van der Waals surface area contributed by atoms with Gasteiger partial charge in [0.05, 0.1) is 0 Å². The van der Waals surface area contributed by atoms with E-state index in [4.69, 9.17) is 24.4 Å². The van der Waals surface area contributed by atoms with Gasteiger partial charge in [-0.3, -0.25) is 10.9 Å². The smallest absolute Gasteiger partial charge is 0.185 e. The van der Waals surface area contributed by atoms with Crippen LogP contribution < -0.4 is 21.5 Å². The molecule has 0 unspecified atom stereocenters. The maximum atomic E-state index is 5.17. The summed E-state index contributed by atoms with van der Waals surface area (Å²) in [6.45, 7) is 0. The van der Waals surface area contributed by atoms with Crippen LogP contribution in [0, 0.1) is 0 Å². The molecule has 4 nitrogen and oxygen atoms in total. The predicted octanol–water partition coefficient (Wildman–Crippen LogP) is 0.935. The van der Waals surface area contributed by atoms with Gasteiger partial charge >= 0.3 is 0 Å². The molecule has 6 heteroatoms. The Morgan fingerprint density at radius 3 is 1.62 bits per heavy atom. The Labute approximate surface area is 107 Å². The summed E-state index contributed by atoms with van der Waals surface area (Å²) in [6, 6.07) is 1.10. The van der Waals surface area contributed by atoms with Crippen molar-refractivity contribution in [1.29, 1.82) is 0 Å². The fourth-order valence-electron chi connectivity index (χ4n) is 1.85. The number of thiocarbonyl (C=S) groups is 2. The third kappa shape index (κ3) is 4.09. The van der Waals surface area contributed by atoms with Crippen molar-refractivity contribution >= 4 is 34.7 Å². The molecule has 0 aromatic rings. The second-order valence-corrected chi connectivity index (χ2v) is 5.27. The van der Waals surface area contributed by atoms with Crippen molar-refractivity contribution in [3.63, 3.8) is 0 Å². The zero-order valence-corrected chi connectivity index (χ0v) is 10.8. The molecule has 0 atom stereocenters. The molecule has 2 aliphatic carbocycles. The molecule has 0 spiro atoms. The van der Waals surface area contributed by atoms with E-state index in [0.717, 1.165) is 0 Å². The molecule has 2 fully saturated rings. The van der Waals surface area contributed by atoms with Crippen LogP contribution >= 0.6 is 24.4 Å². The molecular formula is C10H18N4S2. The highest BCUT2D eigenvalue weighted by Crippen LogP contribution is 2.18. The highest BCUT2D eigenvalue weighted by molar-refractivity contribution is 7.80. The Kier molecular flexibility index (Phi) is 4.17. The molecule has 90 valence electrons. The first-order chi connectivity index (χ1) is 7.74. The van der Waals surface area contributed by atoms with Gasteiger partial charge in [0.15, 0.2) is 10.2 Å². The normalized spacial score (nSPS) is 20.2. The first-order valence-corrected chi connectivity index (χ1v) is 6.69. The van der Waals surface area contributed by atoms with Crippen molar-refractivity contribution in [2.45, 2.75) is 50.6 Å². The summed E-state index contributed by atoms with van der Waals surface area (Å²) in [6.07, 6.45) is 7.46. The van der Waals surface area contributed by atoms with Gasteiger partial charge in [0.25, 0.3) is 0 Å². The van der Waals surface area contributed by atoms with Gasteiger partial charge in [-0.2, -0.15) is 0 Å². The Hall–Kier alpha value is -0.620. The minimum absolute atomic E-state index is 0.534. The molecule has 2 rings (SSSR count). The topological polar surface area (TPSA) is 48.1 Å². The van der Waals surface area contributed by atoms with Crippen LogP contribution in [0.4, 0.5) is 0 Å². The van der Waals surface area contributed by atoms with Crippen molar-refractivity contribution in [3.8, 4) is 0 Å². The van der Waals surface area contributed by atoms with Crippen molar-refractivity contribution in [2.24, 2.45) is 0 Å². The van der Waals surface area contributed by atoms with Crippen molar-refractivity contribution in [1.82, 2.24) is 21.5 Å². The summed E-state index contributed by atoms with van der Waals surface area (Å²) in [5.41, 5.74) is 5.80. The summed E-state index contributed by atoms with van der Waals surface area (Å²) in [5, 5.41) is 7.70. The largest absolute Gasteiger partial charge is 0.359 e. The lowest BCUT2D eigenvalue weighted by atomic mass is 10.3. The van der Waals surface area contributed by atoms with Crippen molar-refractivity contribution in [2.75, 3.05) is 0 Å². The average Bonchev–Trinajstić information content (AvgIpc) is 2.91. The molecule has 16 heavy (non-hydrogen) atoms. The summed E-state index contributed by atoms with van der Waals surface area (Å²) < 4.78 is 0. The molecule has 0 bridgehead atoms. The molecule has 4 N–H and O–H groups in total. The van der Waals surface area contributed by atoms with Crippen LogP contribution in [0.3, 0.4) is 0 Å². The minimum Gasteiger partial charge on any atom is -0.359 e.